The number of likely N-dealkylation sites (tertiary alicyclic amines) is 2. The molecule has 34 heavy (non-hydrogen) atoms. The summed E-state index contributed by atoms with van der Waals surface area (Å²) in [6.45, 7) is 2.27. The molecule has 2 fully saturated rings. The average Bonchev–Trinajstić information content (AvgIpc) is 3.64. The van der Waals surface area contributed by atoms with E-state index in [1.54, 1.807) is 0 Å². The van der Waals surface area contributed by atoms with Gasteiger partial charge < -0.3 is 9.97 Å². The number of benzene rings is 2. The Kier molecular flexibility index (Phi) is 5.44. The third kappa shape index (κ3) is 4.02. The average molecular weight is 451 g/mol. The highest BCUT2D eigenvalue weighted by Crippen LogP contribution is 2.31. The van der Waals surface area contributed by atoms with Crippen molar-refractivity contribution in [3.63, 3.8) is 0 Å². The van der Waals surface area contributed by atoms with Crippen LogP contribution in [0.25, 0.3) is 22.3 Å². The lowest BCUT2D eigenvalue weighted by Crippen LogP contribution is -2.18. The smallest absolute Gasteiger partial charge is 0.124 e. The minimum Gasteiger partial charge on any atom is -0.341 e. The maximum absolute atomic E-state index is 4.82. The Balaban J connectivity index is 1.18. The van der Waals surface area contributed by atoms with E-state index < -0.39 is 0 Å². The zero-order valence-corrected chi connectivity index (χ0v) is 19.8. The maximum Gasteiger partial charge on any atom is 0.124 e. The van der Waals surface area contributed by atoms with Crippen LogP contribution in [0.3, 0.4) is 0 Å². The molecule has 172 valence electrons. The highest BCUT2D eigenvalue weighted by Gasteiger charge is 2.26. The molecule has 0 spiro atoms. The molecule has 2 unspecified atom stereocenters. The molecule has 6 rings (SSSR count). The first-order valence-electron chi connectivity index (χ1n) is 12.2. The van der Waals surface area contributed by atoms with Crippen molar-refractivity contribution in [3.05, 3.63) is 71.4 Å². The van der Waals surface area contributed by atoms with E-state index in [2.05, 4.69) is 93.2 Å². The van der Waals surface area contributed by atoms with Gasteiger partial charge in [-0.05, 0) is 88.8 Å². The summed E-state index contributed by atoms with van der Waals surface area (Å²) in [5.74, 6) is 8.75. The van der Waals surface area contributed by atoms with Crippen LogP contribution < -0.4 is 0 Å². The van der Waals surface area contributed by atoms with Gasteiger partial charge in [-0.25, -0.2) is 9.97 Å². The number of aromatic amines is 2. The Bertz CT molecular complexity index is 1370. The third-order valence-corrected chi connectivity index (χ3v) is 7.31. The van der Waals surface area contributed by atoms with E-state index in [1.165, 1.54) is 19.3 Å². The molecule has 2 atom stereocenters. The van der Waals surface area contributed by atoms with Crippen LogP contribution in [0, 0.1) is 11.8 Å². The zero-order valence-electron chi connectivity index (χ0n) is 19.8. The van der Waals surface area contributed by atoms with Crippen LogP contribution >= 0.6 is 0 Å². The Morgan fingerprint density at radius 3 is 2.21 bits per heavy atom. The summed E-state index contributed by atoms with van der Waals surface area (Å²) in [7, 11) is 4.34. The van der Waals surface area contributed by atoms with Crippen LogP contribution in [0.15, 0.2) is 48.7 Å². The van der Waals surface area contributed by atoms with Crippen LogP contribution in [0.5, 0.6) is 0 Å². The first-order chi connectivity index (χ1) is 16.6. The molecule has 2 saturated heterocycles. The third-order valence-electron chi connectivity index (χ3n) is 7.31. The lowest BCUT2D eigenvalue weighted by atomic mass is 10.1. The minimum atomic E-state index is 0.394. The van der Waals surface area contributed by atoms with Crippen molar-refractivity contribution in [1.29, 1.82) is 0 Å². The molecular formula is C28H30N6. The van der Waals surface area contributed by atoms with Crippen LogP contribution in [0.1, 0.15) is 60.5 Å². The SMILES string of the molecule is CN1CCCC1c1ncc(-c2ccc(C#Cc3ccc4nc(C5CCCN5C)[nH]c4c3)cc2)[nH]1. The number of H-pyrrole nitrogens is 2. The van der Waals surface area contributed by atoms with Gasteiger partial charge in [0.25, 0.3) is 0 Å². The molecular weight excluding hydrogens is 420 g/mol. The van der Waals surface area contributed by atoms with Gasteiger partial charge in [0.05, 0.1) is 35.0 Å². The second kappa shape index (κ2) is 8.75. The summed E-state index contributed by atoms with van der Waals surface area (Å²) in [4.78, 5) is 21.3. The molecule has 2 aliphatic heterocycles. The highest BCUT2D eigenvalue weighted by atomic mass is 15.2. The van der Waals surface area contributed by atoms with Crippen LogP contribution in [-0.2, 0) is 0 Å². The molecule has 2 aromatic carbocycles. The Labute approximate surface area is 200 Å². The second-order valence-corrected chi connectivity index (χ2v) is 9.64. The zero-order chi connectivity index (χ0) is 23.1. The normalized spacial score (nSPS) is 21.2. The number of nitrogens with one attached hydrogen (secondary N) is 2. The number of hydrogen-bond acceptors (Lipinski definition) is 4. The molecule has 0 bridgehead atoms. The van der Waals surface area contributed by atoms with Crippen LogP contribution in [0.2, 0.25) is 0 Å². The van der Waals surface area contributed by atoms with Crippen molar-refractivity contribution in [2.75, 3.05) is 27.2 Å². The Morgan fingerprint density at radius 2 is 1.50 bits per heavy atom. The molecule has 4 aromatic rings. The number of hydrogen-bond donors (Lipinski definition) is 2. The molecule has 6 nitrogen and oxygen atoms in total. The first kappa shape index (κ1) is 21.2. The lowest BCUT2D eigenvalue weighted by Gasteiger charge is -2.16. The summed E-state index contributed by atoms with van der Waals surface area (Å²) in [5.41, 5.74) is 6.24. The molecule has 2 N–H and O–H groups in total. The summed E-state index contributed by atoms with van der Waals surface area (Å²) >= 11 is 0. The fourth-order valence-electron chi connectivity index (χ4n) is 5.31. The van der Waals surface area contributed by atoms with E-state index in [9.17, 15) is 0 Å². The van der Waals surface area contributed by atoms with Gasteiger partial charge in [-0.3, -0.25) is 9.80 Å². The molecule has 2 aliphatic rings. The molecule has 4 heterocycles. The van der Waals surface area contributed by atoms with Crippen molar-refractivity contribution in [2.45, 2.75) is 37.8 Å². The number of nitrogens with zero attached hydrogens (tertiary/aromatic N) is 4. The number of imidazole rings is 2. The Hall–Kier alpha value is -3.40. The van der Waals surface area contributed by atoms with E-state index in [1.807, 2.05) is 6.20 Å². The molecule has 2 aromatic heterocycles. The molecule has 0 amide bonds. The van der Waals surface area contributed by atoms with E-state index in [0.717, 1.165) is 64.6 Å². The van der Waals surface area contributed by atoms with E-state index >= 15 is 0 Å². The van der Waals surface area contributed by atoms with Crippen molar-refractivity contribution < 1.29 is 0 Å². The largest absolute Gasteiger partial charge is 0.341 e. The molecule has 0 radical (unpaired) electrons. The fraction of sp³-hybridized carbons (Fsp3) is 0.357. The van der Waals surface area contributed by atoms with Gasteiger partial charge in [0.15, 0.2) is 0 Å². The van der Waals surface area contributed by atoms with Gasteiger partial charge in [-0.2, -0.15) is 0 Å². The predicted octanol–water partition coefficient (Wildman–Crippen LogP) is 4.89. The summed E-state index contributed by atoms with van der Waals surface area (Å²) in [6, 6.07) is 15.4. The van der Waals surface area contributed by atoms with Gasteiger partial charge >= 0.3 is 0 Å². The fourth-order valence-corrected chi connectivity index (χ4v) is 5.31. The van der Waals surface area contributed by atoms with Gasteiger partial charge in [-0.15, -0.1) is 0 Å². The lowest BCUT2D eigenvalue weighted by molar-refractivity contribution is 0.307. The van der Waals surface area contributed by atoms with Crippen molar-refractivity contribution in [3.8, 4) is 23.1 Å². The summed E-state index contributed by atoms with van der Waals surface area (Å²) < 4.78 is 0. The number of fused-ring (bicyclic) bond motifs is 1. The predicted molar refractivity (Wildman–Crippen MR) is 135 cm³/mol. The number of rotatable bonds is 3. The van der Waals surface area contributed by atoms with Crippen molar-refractivity contribution in [2.24, 2.45) is 0 Å². The second-order valence-electron chi connectivity index (χ2n) is 9.64. The number of aromatic nitrogens is 4. The molecule has 0 saturated carbocycles. The maximum atomic E-state index is 4.82. The first-order valence-corrected chi connectivity index (χ1v) is 12.2. The van der Waals surface area contributed by atoms with Gasteiger partial charge in [-0.1, -0.05) is 24.0 Å². The summed E-state index contributed by atoms with van der Waals surface area (Å²) in [6.07, 6.45) is 6.74. The standard InChI is InChI=1S/C28H30N6/c1-33-15-3-5-25(33)27-29-18-24(32-27)21-12-9-19(10-13-21)7-8-20-11-14-22-23(17-20)31-28(30-22)26-6-4-16-34(26)2/h9-14,17-18,25-26H,3-6,15-16H2,1-2H3,(H,29,32)(H,30,31). The highest BCUT2D eigenvalue weighted by molar-refractivity contribution is 5.77. The van der Waals surface area contributed by atoms with Crippen LogP contribution in [-0.4, -0.2) is 56.9 Å². The monoisotopic (exact) mass is 450 g/mol. The van der Waals surface area contributed by atoms with Gasteiger partial charge in [0.1, 0.15) is 11.6 Å². The van der Waals surface area contributed by atoms with Crippen LogP contribution in [0.4, 0.5) is 0 Å². The molecule has 0 aliphatic carbocycles. The quantitative estimate of drug-likeness (QED) is 0.437. The van der Waals surface area contributed by atoms with Gasteiger partial charge in [0.2, 0.25) is 0 Å². The van der Waals surface area contributed by atoms with Crippen molar-refractivity contribution >= 4 is 11.0 Å². The minimum absolute atomic E-state index is 0.394. The van der Waals surface area contributed by atoms with E-state index in [0.29, 0.717) is 12.1 Å². The van der Waals surface area contributed by atoms with Crippen molar-refractivity contribution in [1.82, 2.24) is 29.7 Å². The van der Waals surface area contributed by atoms with Gasteiger partial charge in [0, 0.05) is 11.1 Å². The molecule has 6 heteroatoms. The van der Waals surface area contributed by atoms with E-state index in [4.69, 9.17) is 4.98 Å². The Morgan fingerprint density at radius 1 is 0.824 bits per heavy atom. The summed E-state index contributed by atoms with van der Waals surface area (Å²) in [5, 5.41) is 0. The topological polar surface area (TPSA) is 63.8 Å². The van der Waals surface area contributed by atoms with E-state index in [-0.39, 0.29) is 0 Å².